The first-order valence-electron chi connectivity index (χ1n) is 14.5. The summed E-state index contributed by atoms with van der Waals surface area (Å²) in [5, 5.41) is 14.4. The van der Waals surface area contributed by atoms with Crippen LogP contribution in [0.4, 0.5) is 4.79 Å². The molecular formula is C31H40LiN3O5S2. The number of amides is 2. The zero-order valence-corrected chi connectivity index (χ0v) is 26.6. The molecule has 42 heavy (non-hydrogen) atoms. The zero-order chi connectivity index (χ0) is 29.2. The number of hydrogen-bond donors (Lipinski definition) is 1. The fourth-order valence-corrected chi connectivity index (χ4v) is 6.92. The second-order valence-corrected chi connectivity index (χ2v) is 12.8. The van der Waals surface area contributed by atoms with E-state index in [1.165, 1.54) is 55.2 Å². The number of aryl methyl sites for hydroxylation is 1. The number of hydrogen-bond acceptors (Lipinski definition) is 8. The number of ether oxygens (including phenoxy) is 1. The summed E-state index contributed by atoms with van der Waals surface area (Å²) in [5.74, 6) is -0.468. The summed E-state index contributed by atoms with van der Waals surface area (Å²) in [5.41, 5.74) is 4.80. The molecule has 0 saturated heterocycles. The summed E-state index contributed by atoms with van der Waals surface area (Å²) >= 11 is 3.01. The maximum atomic E-state index is 13.6. The Morgan fingerprint density at radius 2 is 1.95 bits per heavy atom. The van der Waals surface area contributed by atoms with Crippen LogP contribution in [0.15, 0.2) is 41.5 Å². The van der Waals surface area contributed by atoms with Crippen LogP contribution in [0.2, 0.25) is 0 Å². The van der Waals surface area contributed by atoms with Gasteiger partial charge in [0.25, 0.3) is 0 Å². The van der Waals surface area contributed by atoms with Crippen molar-refractivity contribution in [2.75, 3.05) is 25.1 Å². The van der Waals surface area contributed by atoms with E-state index in [0.29, 0.717) is 35.8 Å². The van der Waals surface area contributed by atoms with Crippen molar-refractivity contribution in [3.63, 3.8) is 0 Å². The van der Waals surface area contributed by atoms with Crippen LogP contribution in [0.5, 0.6) is 0 Å². The third kappa shape index (κ3) is 9.37. The standard InChI is InChI=1S/C31H41N3O5S2.Li/c1-21-8-6-7-11-23(21)25-19-34(16-14-24(25)29(35)33-26(30(36)37)15-17-40-2)31(38)39-27(28-18-32-20-41-28)13-12-22-9-4-3-5-10-22;/h6-8,11,18,20,22,26-27H,3-5,9-10,12-17,19H2,1-2H3,(H,33,35)(H,36,37);/q;+1/p-1. The summed E-state index contributed by atoms with van der Waals surface area (Å²) < 4.78 is 6.12. The van der Waals surface area contributed by atoms with Gasteiger partial charge in [0.2, 0.25) is 5.91 Å². The molecule has 0 spiro atoms. The summed E-state index contributed by atoms with van der Waals surface area (Å²) in [7, 11) is 0. The number of carboxylic acid groups (broad SMARTS) is 1. The van der Waals surface area contributed by atoms with E-state index in [-0.39, 0.29) is 37.9 Å². The zero-order valence-electron chi connectivity index (χ0n) is 24.9. The van der Waals surface area contributed by atoms with Crippen molar-refractivity contribution in [3.05, 3.63) is 57.6 Å². The normalized spacial score (nSPS) is 17.2. The topological polar surface area (TPSA) is 112 Å². The molecule has 1 fully saturated rings. The molecule has 1 saturated carbocycles. The van der Waals surface area contributed by atoms with E-state index in [1.54, 1.807) is 16.6 Å². The third-order valence-corrected chi connectivity index (χ3v) is 9.63. The number of carboxylic acids is 1. The van der Waals surface area contributed by atoms with Crippen LogP contribution in [0.1, 0.15) is 79.9 Å². The molecule has 0 radical (unpaired) electrons. The SMILES string of the molecule is CSCCC(NC(=O)C1=C(c2ccccc2C)CN(C(=O)OC(CCC2CCCCC2)c2cncs2)CC1)C(=O)[O-].[Li+]. The van der Waals surface area contributed by atoms with Gasteiger partial charge in [-0.05, 0) is 67.2 Å². The maximum absolute atomic E-state index is 13.6. The van der Waals surface area contributed by atoms with Gasteiger partial charge >= 0.3 is 25.0 Å². The van der Waals surface area contributed by atoms with Crippen LogP contribution in [0.25, 0.3) is 5.57 Å². The van der Waals surface area contributed by atoms with Crippen molar-refractivity contribution in [3.8, 4) is 0 Å². The first kappa shape index (κ1) is 34.2. The summed E-state index contributed by atoms with van der Waals surface area (Å²) in [6, 6.07) is 6.64. The molecule has 8 nitrogen and oxygen atoms in total. The van der Waals surface area contributed by atoms with Crippen LogP contribution in [0, 0.1) is 12.8 Å². The second-order valence-electron chi connectivity index (χ2n) is 10.9. The number of rotatable bonds is 12. The Labute approximate surface area is 269 Å². The van der Waals surface area contributed by atoms with E-state index < -0.39 is 24.0 Å². The van der Waals surface area contributed by atoms with Crippen molar-refractivity contribution >= 4 is 46.6 Å². The number of nitrogens with one attached hydrogen (secondary N) is 1. The van der Waals surface area contributed by atoms with E-state index in [4.69, 9.17) is 4.74 Å². The predicted molar refractivity (Wildman–Crippen MR) is 161 cm³/mol. The number of nitrogens with zero attached hydrogens (tertiary/aromatic N) is 2. The number of carbonyl (C=O) groups excluding carboxylic acids is 3. The first-order chi connectivity index (χ1) is 19.9. The van der Waals surface area contributed by atoms with Gasteiger partial charge in [-0.15, -0.1) is 11.3 Å². The molecule has 1 aromatic carbocycles. The molecular weight excluding hydrogens is 565 g/mol. The summed E-state index contributed by atoms with van der Waals surface area (Å²) in [6.07, 6.45) is 11.6. The maximum Gasteiger partial charge on any atom is 1.00 e. The minimum absolute atomic E-state index is 0. The Morgan fingerprint density at radius 1 is 1.19 bits per heavy atom. The van der Waals surface area contributed by atoms with Crippen LogP contribution in [-0.4, -0.2) is 59.0 Å². The molecule has 222 valence electrons. The van der Waals surface area contributed by atoms with Gasteiger partial charge in [-0.3, -0.25) is 9.78 Å². The molecule has 11 heteroatoms. The quantitative estimate of drug-likeness (QED) is 0.369. The second kappa shape index (κ2) is 17.1. The van der Waals surface area contributed by atoms with Crippen LogP contribution >= 0.6 is 23.1 Å². The van der Waals surface area contributed by atoms with E-state index in [1.807, 2.05) is 37.4 Å². The number of thiazole rings is 1. The Morgan fingerprint density at radius 3 is 2.62 bits per heavy atom. The van der Waals surface area contributed by atoms with Crippen LogP contribution in [-0.2, 0) is 14.3 Å². The predicted octanol–water partition coefficient (Wildman–Crippen LogP) is 2.14. The molecule has 2 atom stereocenters. The van der Waals surface area contributed by atoms with Gasteiger partial charge in [-0.1, -0.05) is 56.4 Å². The average Bonchev–Trinajstić information content (AvgIpc) is 3.52. The van der Waals surface area contributed by atoms with E-state index in [2.05, 4.69) is 10.3 Å². The van der Waals surface area contributed by atoms with Crippen molar-refractivity contribution < 1.29 is 43.1 Å². The fourth-order valence-electron chi connectivity index (χ4n) is 5.76. The van der Waals surface area contributed by atoms with Crippen LogP contribution in [0.3, 0.4) is 0 Å². The number of aromatic nitrogens is 1. The summed E-state index contributed by atoms with van der Waals surface area (Å²) in [6.45, 7) is 2.46. The Balaban J connectivity index is 0.00000484. The van der Waals surface area contributed by atoms with Gasteiger partial charge in [0, 0.05) is 18.3 Å². The van der Waals surface area contributed by atoms with Crippen molar-refractivity contribution in [2.24, 2.45) is 5.92 Å². The minimum atomic E-state index is -1.30. The number of benzene rings is 1. The molecule has 0 bridgehead atoms. The molecule has 2 unspecified atom stereocenters. The molecule has 1 aromatic heterocycles. The average molecular weight is 606 g/mol. The van der Waals surface area contributed by atoms with E-state index >= 15 is 0 Å². The number of thioether (sulfide) groups is 1. The van der Waals surface area contributed by atoms with Crippen molar-refractivity contribution in [2.45, 2.75) is 76.9 Å². The van der Waals surface area contributed by atoms with Crippen molar-refractivity contribution in [1.29, 1.82) is 0 Å². The molecule has 2 heterocycles. The number of carbonyl (C=O) groups is 3. The third-order valence-electron chi connectivity index (χ3n) is 8.12. The molecule has 1 aliphatic heterocycles. The first-order valence-corrected chi connectivity index (χ1v) is 16.8. The molecule has 2 aliphatic rings. The number of aliphatic carboxylic acids is 1. The molecule has 2 aromatic rings. The Kier molecular flexibility index (Phi) is 14.0. The molecule has 1 aliphatic carbocycles. The summed E-state index contributed by atoms with van der Waals surface area (Å²) in [4.78, 5) is 45.5. The Hall–Kier alpha value is -2.25. The van der Waals surface area contributed by atoms with Gasteiger partial charge in [0.05, 0.1) is 28.9 Å². The van der Waals surface area contributed by atoms with Gasteiger partial charge in [0.15, 0.2) is 0 Å². The smallest absolute Gasteiger partial charge is 0.548 e. The monoisotopic (exact) mass is 605 g/mol. The van der Waals surface area contributed by atoms with Gasteiger partial charge in [-0.2, -0.15) is 11.8 Å². The van der Waals surface area contributed by atoms with Gasteiger partial charge in [-0.25, -0.2) is 4.79 Å². The molecule has 2 amide bonds. The largest absolute Gasteiger partial charge is 1.00 e. The van der Waals surface area contributed by atoms with Gasteiger partial charge in [0.1, 0.15) is 6.10 Å². The van der Waals surface area contributed by atoms with Crippen molar-refractivity contribution in [1.82, 2.24) is 15.2 Å². The van der Waals surface area contributed by atoms with Gasteiger partial charge < -0.3 is 24.9 Å². The minimum Gasteiger partial charge on any atom is -0.548 e. The molecule has 1 N–H and O–H groups in total. The Bertz CT molecular complexity index is 1220. The molecule has 4 rings (SSSR count). The van der Waals surface area contributed by atoms with E-state index in [0.717, 1.165) is 28.8 Å². The van der Waals surface area contributed by atoms with Crippen LogP contribution < -0.4 is 29.3 Å². The fraction of sp³-hybridized carbons (Fsp3) is 0.548. The van der Waals surface area contributed by atoms with E-state index in [9.17, 15) is 19.5 Å².